The molecule has 0 amide bonds. The van der Waals surface area contributed by atoms with E-state index >= 15 is 0 Å². The van der Waals surface area contributed by atoms with Crippen LogP contribution in [0.2, 0.25) is 0 Å². The van der Waals surface area contributed by atoms with Gasteiger partial charge in [0.15, 0.2) is 0 Å². The molecule has 0 fully saturated rings. The Hall–Kier alpha value is 0.0900. The van der Waals surface area contributed by atoms with Gasteiger partial charge in [-0.15, -0.1) is 11.3 Å². The molecular weight excluding hydrogens is 274 g/mol. The van der Waals surface area contributed by atoms with Crippen LogP contribution in [-0.4, -0.2) is 26.3 Å². The molecule has 0 aromatic carbocycles. The Morgan fingerprint density at radius 1 is 1.62 bits per heavy atom. The number of sulfonamides is 1. The molecule has 0 saturated heterocycles. The first-order valence-corrected chi connectivity index (χ1v) is 6.80. The van der Waals surface area contributed by atoms with Crippen LogP contribution in [0.5, 0.6) is 0 Å². The molecule has 3 nitrogen and oxygen atoms in total. The highest BCUT2D eigenvalue weighted by molar-refractivity contribution is 9.10. The minimum atomic E-state index is -3.25. The van der Waals surface area contributed by atoms with Crippen LogP contribution in [0.3, 0.4) is 0 Å². The van der Waals surface area contributed by atoms with E-state index in [1.807, 2.05) is 0 Å². The molecule has 13 heavy (non-hydrogen) atoms. The van der Waals surface area contributed by atoms with Gasteiger partial charge in [0.05, 0.1) is 0 Å². The van der Waals surface area contributed by atoms with E-state index in [-0.39, 0.29) is 0 Å². The highest BCUT2D eigenvalue weighted by atomic mass is 79.9. The van der Waals surface area contributed by atoms with Crippen molar-refractivity contribution in [2.75, 3.05) is 13.6 Å². The predicted molar refractivity (Wildman–Crippen MR) is 57.5 cm³/mol. The number of halogens is 1. The first-order chi connectivity index (χ1) is 5.98. The lowest BCUT2D eigenvalue weighted by Crippen LogP contribution is -2.25. The van der Waals surface area contributed by atoms with Crippen LogP contribution in [0.1, 0.15) is 6.92 Å². The fraction of sp³-hybridized carbons (Fsp3) is 0.429. The van der Waals surface area contributed by atoms with Gasteiger partial charge in [-0.1, -0.05) is 6.92 Å². The van der Waals surface area contributed by atoms with Gasteiger partial charge < -0.3 is 0 Å². The topological polar surface area (TPSA) is 37.4 Å². The van der Waals surface area contributed by atoms with E-state index in [1.165, 1.54) is 15.6 Å². The molecule has 0 aliphatic carbocycles. The van der Waals surface area contributed by atoms with Crippen molar-refractivity contribution in [1.82, 2.24) is 4.31 Å². The smallest absolute Gasteiger partial charge is 0.206 e. The summed E-state index contributed by atoms with van der Waals surface area (Å²) in [4.78, 5) is 0. The molecule has 6 heteroatoms. The summed E-state index contributed by atoms with van der Waals surface area (Å²) in [6, 6.07) is 1.62. The third-order valence-corrected chi connectivity index (χ3v) is 5.76. The second-order valence-electron chi connectivity index (χ2n) is 2.50. The van der Waals surface area contributed by atoms with E-state index in [2.05, 4.69) is 15.9 Å². The fourth-order valence-electron chi connectivity index (χ4n) is 0.754. The lowest BCUT2D eigenvalue weighted by molar-refractivity contribution is 0.488. The van der Waals surface area contributed by atoms with Gasteiger partial charge in [0.25, 0.3) is 10.0 Å². The van der Waals surface area contributed by atoms with E-state index in [1.54, 1.807) is 25.4 Å². The number of thiophene rings is 1. The van der Waals surface area contributed by atoms with Crippen molar-refractivity contribution in [3.8, 4) is 0 Å². The van der Waals surface area contributed by atoms with E-state index in [9.17, 15) is 8.42 Å². The molecule has 0 aliphatic heterocycles. The molecule has 1 aromatic rings. The van der Waals surface area contributed by atoms with Gasteiger partial charge in [-0.2, -0.15) is 0 Å². The van der Waals surface area contributed by atoms with Crippen LogP contribution < -0.4 is 0 Å². The summed E-state index contributed by atoms with van der Waals surface area (Å²) in [5, 5.41) is 1.76. The zero-order chi connectivity index (χ0) is 10.1. The molecule has 1 aromatic heterocycles. The Kier molecular flexibility index (Phi) is 3.50. The van der Waals surface area contributed by atoms with Crippen LogP contribution in [0.15, 0.2) is 20.1 Å². The third kappa shape index (κ3) is 2.31. The van der Waals surface area contributed by atoms with Crippen molar-refractivity contribution >= 4 is 37.3 Å². The van der Waals surface area contributed by atoms with Gasteiger partial charge in [0.1, 0.15) is 4.21 Å². The minimum Gasteiger partial charge on any atom is -0.206 e. The minimum absolute atomic E-state index is 0.378. The second-order valence-corrected chi connectivity index (χ2v) is 6.60. The Morgan fingerprint density at radius 2 is 2.23 bits per heavy atom. The van der Waals surface area contributed by atoms with Crippen LogP contribution in [0.25, 0.3) is 0 Å². The summed E-state index contributed by atoms with van der Waals surface area (Å²) >= 11 is 4.45. The van der Waals surface area contributed by atoms with Crippen molar-refractivity contribution in [3.63, 3.8) is 0 Å². The molecule has 0 bridgehead atoms. The molecule has 0 saturated carbocycles. The average molecular weight is 284 g/mol. The standard InChI is InChI=1S/C7H10BrNO2S2/c1-3-9(2)13(10,11)7-4-6(8)5-12-7/h4-5H,3H2,1-2H3. The Balaban J connectivity index is 3.08. The van der Waals surface area contributed by atoms with Gasteiger partial charge in [0.2, 0.25) is 0 Å². The number of rotatable bonds is 3. The normalized spacial score (nSPS) is 12.3. The van der Waals surface area contributed by atoms with E-state index in [0.29, 0.717) is 10.8 Å². The molecule has 0 aliphatic rings. The van der Waals surface area contributed by atoms with Crippen molar-refractivity contribution in [2.24, 2.45) is 0 Å². The van der Waals surface area contributed by atoms with Crippen molar-refractivity contribution in [3.05, 3.63) is 15.9 Å². The molecule has 0 unspecified atom stereocenters. The quantitative estimate of drug-likeness (QED) is 0.853. The maximum absolute atomic E-state index is 11.7. The molecular formula is C7H10BrNO2S2. The van der Waals surface area contributed by atoms with Gasteiger partial charge in [-0.05, 0) is 22.0 Å². The predicted octanol–water partition coefficient (Wildman–Crippen LogP) is 2.15. The number of hydrogen-bond donors (Lipinski definition) is 0. The SMILES string of the molecule is CCN(C)S(=O)(=O)c1cc(Br)cs1. The van der Waals surface area contributed by atoms with Gasteiger partial charge in [-0.3, -0.25) is 0 Å². The summed E-state index contributed by atoms with van der Waals surface area (Å²) in [5.41, 5.74) is 0. The summed E-state index contributed by atoms with van der Waals surface area (Å²) in [5.74, 6) is 0. The van der Waals surface area contributed by atoms with E-state index in [0.717, 1.165) is 4.47 Å². The van der Waals surface area contributed by atoms with Crippen LogP contribution in [0.4, 0.5) is 0 Å². The molecule has 0 atom stereocenters. The Labute approximate surface area is 90.6 Å². The second kappa shape index (κ2) is 4.08. The first-order valence-electron chi connectivity index (χ1n) is 3.69. The van der Waals surface area contributed by atoms with E-state index < -0.39 is 10.0 Å². The Bertz CT molecular complexity index is 385. The summed E-state index contributed by atoms with van der Waals surface area (Å²) in [6.45, 7) is 2.29. The third-order valence-electron chi connectivity index (χ3n) is 1.65. The van der Waals surface area contributed by atoms with Gasteiger partial charge in [0, 0.05) is 23.4 Å². The molecule has 0 radical (unpaired) electrons. The molecule has 1 heterocycles. The van der Waals surface area contributed by atoms with E-state index in [4.69, 9.17) is 0 Å². The Morgan fingerprint density at radius 3 is 2.62 bits per heavy atom. The number of hydrogen-bond acceptors (Lipinski definition) is 3. The number of nitrogens with zero attached hydrogens (tertiary/aromatic N) is 1. The largest absolute Gasteiger partial charge is 0.252 e. The molecule has 74 valence electrons. The van der Waals surface area contributed by atoms with Crippen LogP contribution >= 0.6 is 27.3 Å². The summed E-state index contributed by atoms with van der Waals surface area (Å²) < 4.78 is 25.9. The lowest BCUT2D eigenvalue weighted by atomic mass is 10.7. The summed E-state index contributed by atoms with van der Waals surface area (Å²) in [6.07, 6.45) is 0. The highest BCUT2D eigenvalue weighted by Crippen LogP contribution is 2.25. The highest BCUT2D eigenvalue weighted by Gasteiger charge is 2.20. The first kappa shape index (κ1) is 11.2. The van der Waals surface area contributed by atoms with Crippen molar-refractivity contribution in [2.45, 2.75) is 11.1 Å². The molecule has 0 N–H and O–H groups in total. The zero-order valence-electron chi connectivity index (χ0n) is 7.32. The lowest BCUT2D eigenvalue weighted by Gasteiger charge is -2.12. The van der Waals surface area contributed by atoms with Gasteiger partial charge >= 0.3 is 0 Å². The van der Waals surface area contributed by atoms with Crippen molar-refractivity contribution in [1.29, 1.82) is 0 Å². The average Bonchev–Trinajstić information content (AvgIpc) is 2.50. The fourth-order valence-corrected chi connectivity index (χ4v) is 3.99. The maximum atomic E-state index is 11.7. The zero-order valence-corrected chi connectivity index (χ0v) is 10.5. The van der Waals surface area contributed by atoms with Gasteiger partial charge in [-0.25, -0.2) is 12.7 Å². The van der Waals surface area contributed by atoms with Crippen molar-refractivity contribution < 1.29 is 8.42 Å². The van der Waals surface area contributed by atoms with Crippen LogP contribution in [-0.2, 0) is 10.0 Å². The van der Waals surface area contributed by atoms with Crippen LogP contribution in [0, 0.1) is 0 Å². The maximum Gasteiger partial charge on any atom is 0.252 e. The molecule has 0 spiro atoms. The monoisotopic (exact) mass is 283 g/mol. The molecule has 1 rings (SSSR count). The summed E-state index contributed by atoms with van der Waals surface area (Å²) in [7, 11) is -1.67.